The zero-order valence-corrected chi connectivity index (χ0v) is 18.1. The Morgan fingerprint density at radius 3 is 2.41 bits per heavy atom. The van der Waals surface area contributed by atoms with Gasteiger partial charge in [0.25, 0.3) is 0 Å². The lowest BCUT2D eigenvalue weighted by molar-refractivity contribution is -0.0742. The van der Waals surface area contributed by atoms with Crippen molar-refractivity contribution in [3.63, 3.8) is 0 Å². The molecule has 2 aliphatic heterocycles. The first kappa shape index (κ1) is 22.9. The van der Waals surface area contributed by atoms with Gasteiger partial charge in [-0.05, 0) is 49.2 Å². The van der Waals surface area contributed by atoms with E-state index in [-0.39, 0.29) is 25.6 Å². The average Bonchev–Trinajstić information content (AvgIpc) is 2.95. The molecule has 174 valence electrons. The van der Waals surface area contributed by atoms with E-state index in [1.54, 1.807) is 24.3 Å². The van der Waals surface area contributed by atoms with Gasteiger partial charge in [-0.2, -0.15) is 0 Å². The highest BCUT2D eigenvalue weighted by atomic mass is 19.1. The number of benzene rings is 2. The number of piperidine rings is 1. The Balaban J connectivity index is 1.33. The summed E-state index contributed by atoms with van der Waals surface area (Å²) in [5.74, 6) is -0.317. The summed E-state index contributed by atoms with van der Waals surface area (Å²) in [6.45, 7) is 3.13. The summed E-state index contributed by atoms with van der Waals surface area (Å²) in [5.41, 5.74) is -1.21. The molecule has 32 heavy (non-hydrogen) atoms. The molecular weight excluding hydrogens is 418 g/mol. The smallest absolute Gasteiger partial charge is 0.134 e. The van der Waals surface area contributed by atoms with Gasteiger partial charge in [0.1, 0.15) is 29.6 Å². The summed E-state index contributed by atoms with van der Waals surface area (Å²) in [6.07, 6.45) is 1.14. The van der Waals surface area contributed by atoms with Gasteiger partial charge in [-0.15, -0.1) is 0 Å². The molecule has 1 atom stereocenters. The number of rotatable bonds is 6. The van der Waals surface area contributed by atoms with E-state index < -0.39 is 17.0 Å². The molecule has 0 spiro atoms. The Hall–Kier alpha value is -2.26. The van der Waals surface area contributed by atoms with Gasteiger partial charge in [-0.1, -0.05) is 6.07 Å². The molecule has 2 heterocycles. The van der Waals surface area contributed by atoms with E-state index >= 15 is 0 Å². The summed E-state index contributed by atoms with van der Waals surface area (Å²) in [5, 5.41) is 22.3. The molecule has 0 saturated carbocycles. The normalized spacial score (nSPS) is 24.2. The average molecular weight is 449 g/mol. The van der Waals surface area contributed by atoms with E-state index in [1.807, 2.05) is 4.90 Å². The standard InChI is InChI=1S/C24H30F2N2O4/c25-19-4-6-21(7-5-19)28-10-8-23(29,9-11-28)15-27-12-13-31-17-24(30,16-27)18-32-22-3-1-2-20(26)14-22/h1-7,14,29-30H,8-13,15-18H2. The summed E-state index contributed by atoms with van der Waals surface area (Å²) >= 11 is 0. The van der Waals surface area contributed by atoms with Crippen LogP contribution in [-0.2, 0) is 4.74 Å². The van der Waals surface area contributed by atoms with Crippen molar-refractivity contribution in [2.75, 3.05) is 57.4 Å². The van der Waals surface area contributed by atoms with Crippen molar-refractivity contribution in [1.29, 1.82) is 0 Å². The molecule has 2 aromatic carbocycles. The Morgan fingerprint density at radius 1 is 0.938 bits per heavy atom. The van der Waals surface area contributed by atoms with Crippen molar-refractivity contribution in [3.8, 4) is 5.75 Å². The second-order valence-electron chi connectivity index (χ2n) is 8.92. The predicted molar refractivity (Wildman–Crippen MR) is 117 cm³/mol. The number of anilines is 1. The molecule has 2 N–H and O–H groups in total. The lowest BCUT2D eigenvalue weighted by Gasteiger charge is -2.42. The molecule has 8 heteroatoms. The van der Waals surface area contributed by atoms with Gasteiger partial charge in [0.2, 0.25) is 0 Å². The maximum atomic E-state index is 13.4. The quantitative estimate of drug-likeness (QED) is 0.708. The van der Waals surface area contributed by atoms with E-state index in [9.17, 15) is 19.0 Å². The minimum absolute atomic E-state index is 0.0380. The van der Waals surface area contributed by atoms with E-state index in [1.165, 1.54) is 24.3 Å². The summed E-state index contributed by atoms with van der Waals surface area (Å²) < 4.78 is 37.8. The van der Waals surface area contributed by atoms with Crippen LogP contribution in [0.3, 0.4) is 0 Å². The highest BCUT2D eigenvalue weighted by Crippen LogP contribution is 2.28. The maximum Gasteiger partial charge on any atom is 0.134 e. The van der Waals surface area contributed by atoms with Crippen molar-refractivity contribution < 1.29 is 28.5 Å². The molecule has 2 aliphatic rings. The lowest BCUT2D eigenvalue weighted by Crippen LogP contribution is -2.55. The molecule has 0 aromatic heterocycles. The van der Waals surface area contributed by atoms with Crippen molar-refractivity contribution in [2.24, 2.45) is 0 Å². The Kier molecular flexibility index (Phi) is 6.95. The van der Waals surface area contributed by atoms with Crippen LogP contribution in [-0.4, -0.2) is 78.9 Å². The van der Waals surface area contributed by atoms with Crippen LogP contribution >= 0.6 is 0 Å². The van der Waals surface area contributed by atoms with Crippen LogP contribution < -0.4 is 9.64 Å². The van der Waals surface area contributed by atoms with Crippen LogP contribution in [0.5, 0.6) is 5.75 Å². The van der Waals surface area contributed by atoms with Crippen LogP contribution in [0.15, 0.2) is 48.5 Å². The van der Waals surface area contributed by atoms with E-state index in [2.05, 4.69) is 4.90 Å². The van der Waals surface area contributed by atoms with E-state index in [0.29, 0.717) is 51.4 Å². The zero-order chi connectivity index (χ0) is 22.6. The monoisotopic (exact) mass is 448 g/mol. The van der Waals surface area contributed by atoms with Crippen LogP contribution in [0, 0.1) is 11.6 Å². The third-order valence-electron chi connectivity index (χ3n) is 6.15. The Morgan fingerprint density at radius 2 is 1.69 bits per heavy atom. The summed E-state index contributed by atoms with van der Waals surface area (Å²) in [7, 11) is 0. The van der Waals surface area contributed by atoms with Crippen molar-refractivity contribution in [3.05, 3.63) is 60.2 Å². The second-order valence-corrected chi connectivity index (χ2v) is 8.92. The molecule has 1 unspecified atom stereocenters. The minimum Gasteiger partial charge on any atom is -0.490 e. The van der Waals surface area contributed by atoms with Crippen molar-refractivity contribution in [2.45, 2.75) is 24.0 Å². The van der Waals surface area contributed by atoms with Gasteiger partial charge in [-0.25, -0.2) is 8.78 Å². The van der Waals surface area contributed by atoms with Crippen LogP contribution in [0.4, 0.5) is 14.5 Å². The highest BCUT2D eigenvalue weighted by molar-refractivity contribution is 5.46. The fraction of sp³-hybridized carbons (Fsp3) is 0.500. The first-order valence-corrected chi connectivity index (χ1v) is 11.0. The SMILES string of the molecule is OC1(CN2CCOCC(O)(COc3cccc(F)c3)C2)CCN(c2ccc(F)cc2)CC1. The number of aliphatic hydroxyl groups is 2. The van der Waals surface area contributed by atoms with E-state index in [0.717, 1.165) is 5.69 Å². The van der Waals surface area contributed by atoms with Crippen molar-refractivity contribution in [1.82, 2.24) is 4.90 Å². The first-order chi connectivity index (χ1) is 15.3. The van der Waals surface area contributed by atoms with E-state index in [4.69, 9.17) is 9.47 Å². The number of nitrogens with zero attached hydrogens (tertiary/aromatic N) is 2. The summed E-state index contributed by atoms with van der Waals surface area (Å²) in [4.78, 5) is 4.15. The minimum atomic E-state index is -1.27. The van der Waals surface area contributed by atoms with Crippen LogP contribution in [0.1, 0.15) is 12.8 Å². The molecule has 2 aromatic rings. The predicted octanol–water partition coefficient (Wildman–Crippen LogP) is 2.44. The molecule has 0 amide bonds. The third-order valence-corrected chi connectivity index (χ3v) is 6.15. The number of hydrogen-bond acceptors (Lipinski definition) is 6. The Bertz CT molecular complexity index is 890. The van der Waals surface area contributed by atoms with Gasteiger partial charge in [-0.3, -0.25) is 4.90 Å². The number of hydrogen-bond donors (Lipinski definition) is 2. The first-order valence-electron chi connectivity index (χ1n) is 11.0. The number of halogens is 2. The lowest BCUT2D eigenvalue weighted by atomic mass is 9.90. The van der Waals surface area contributed by atoms with Crippen LogP contribution in [0.2, 0.25) is 0 Å². The number of ether oxygens (including phenoxy) is 2. The maximum absolute atomic E-state index is 13.4. The zero-order valence-electron chi connectivity index (χ0n) is 18.1. The fourth-order valence-corrected chi connectivity index (χ4v) is 4.40. The second kappa shape index (κ2) is 9.70. The fourth-order valence-electron chi connectivity index (χ4n) is 4.40. The third kappa shape index (κ3) is 5.95. The molecule has 6 nitrogen and oxygen atoms in total. The largest absolute Gasteiger partial charge is 0.490 e. The molecule has 4 rings (SSSR count). The molecule has 0 aliphatic carbocycles. The molecule has 2 saturated heterocycles. The van der Waals surface area contributed by atoms with Gasteiger partial charge in [0.05, 0.1) is 18.8 Å². The number of β-amino-alcohol motifs (C(OH)–C–C–N with tert-alkyl or cyclic N) is 2. The molecule has 0 radical (unpaired) electrons. The highest BCUT2D eigenvalue weighted by Gasteiger charge is 2.39. The topological polar surface area (TPSA) is 65.4 Å². The van der Waals surface area contributed by atoms with Gasteiger partial charge in [0.15, 0.2) is 0 Å². The van der Waals surface area contributed by atoms with Crippen LogP contribution in [0.25, 0.3) is 0 Å². The molecule has 0 bridgehead atoms. The molecular formula is C24H30F2N2O4. The van der Waals surface area contributed by atoms with Crippen molar-refractivity contribution >= 4 is 5.69 Å². The van der Waals surface area contributed by atoms with Gasteiger partial charge >= 0.3 is 0 Å². The van der Waals surface area contributed by atoms with Gasteiger partial charge < -0.3 is 24.6 Å². The summed E-state index contributed by atoms with van der Waals surface area (Å²) in [6, 6.07) is 12.2. The van der Waals surface area contributed by atoms with Gasteiger partial charge in [0, 0.05) is 44.5 Å². The molecule has 2 fully saturated rings. The Labute approximate surface area is 187 Å².